The number of ketones is 1. The summed E-state index contributed by atoms with van der Waals surface area (Å²) in [7, 11) is 1.20. The van der Waals surface area contributed by atoms with Crippen LogP contribution in [0.4, 0.5) is 0 Å². The summed E-state index contributed by atoms with van der Waals surface area (Å²) in [6.45, 7) is 0. The molecule has 0 N–H and O–H groups in total. The summed E-state index contributed by atoms with van der Waals surface area (Å²) >= 11 is 11.5. The Hall–Kier alpha value is -1.13. The van der Waals surface area contributed by atoms with E-state index in [0.717, 1.165) is 0 Å². The number of carbonyl (C=O) groups is 2. The van der Waals surface area contributed by atoms with E-state index in [9.17, 15) is 9.59 Å². The van der Waals surface area contributed by atoms with Crippen molar-refractivity contribution in [3.05, 3.63) is 28.0 Å². The van der Waals surface area contributed by atoms with Crippen molar-refractivity contribution in [1.82, 2.24) is 4.98 Å². The van der Waals surface area contributed by atoms with Crippen LogP contribution in [0.1, 0.15) is 16.8 Å². The van der Waals surface area contributed by atoms with Crippen LogP contribution in [-0.4, -0.2) is 23.8 Å². The van der Waals surface area contributed by atoms with Gasteiger partial charge in [0.15, 0.2) is 5.78 Å². The van der Waals surface area contributed by atoms with Gasteiger partial charge in [-0.25, -0.2) is 0 Å². The third kappa shape index (κ3) is 2.91. The molecule has 1 aromatic heterocycles. The van der Waals surface area contributed by atoms with Gasteiger partial charge in [0.2, 0.25) is 0 Å². The Balaban J connectivity index is 2.96. The molecule has 0 bridgehead atoms. The van der Waals surface area contributed by atoms with E-state index in [-0.39, 0.29) is 22.0 Å². The van der Waals surface area contributed by atoms with Crippen molar-refractivity contribution in [2.45, 2.75) is 6.42 Å². The zero-order valence-corrected chi connectivity index (χ0v) is 9.30. The minimum atomic E-state index is -0.635. The molecule has 1 heterocycles. The van der Waals surface area contributed by atoms with E-state index in [1.54, 1.807) is 0 Å². The molecule has 0 saturated heterocycles. The molecule has 0 fully saturated rings. The molecule has 1 rings (SSSR count). The Kier molecular flexibility index (Phi) is 4.05. The highest BCUT2D eigenvalue weighted by Gasteiger charge is 2.18. The van der Waals surface area contributed by atoms with E-state index >= 15 is 0 Å². The number of rotatable bonds is 3. The fourth-order valence-corrected chi connectivity index (χ4v) is 1.54. The number of Topliss-reactive ketones (excluding diaryl/α,β-unsaturated/α-hetero) is 1. The summed E-state index contributed by atoms with van der Waals surface area (Å²) in [6.07, 6.45) is 2.19. The van der Waals surface area contributed by atoms with Crippen molar-refractivity contribution in [2.75, 3.05) is 7.11 Å². The van der Waals surface area contributed by atoms with Crippen molar-refractivity contribution in [3.8, 4) is 0 Å². The monoisotopic (exact) mass is 247 g/mol. The predicted molar refractivity (Wildman–Crippen MR) is 55.2 cm³/mol. The second-order valence-electron chi connectivity index (χ2n) is 2.65. The number of hydrogen-bond donors (Lipinski definition) is 0. The van der Waals surface area contributed by atoms with Gasteiger partial charge in [-0.05, 0) is 0 Å². The van der Waals surface area contributed by atoms with Crippen LogP contribution in [0, 0.1) is 0 Å². The van der Waals surface area contributed by atoms with E-state index in [2.05, 4.69) is 9.72 Å². The number of ether oxygens (including phenoxy) is 1. The van der Waals surface area contributed by atoms with Crippen LogP contribution in [0.3, 0.4) is 0 Å². The predicted octanol–water partition coefficient (Wildman–Crippen LogP) is 2.13. The number of carbonyl (C=O) groups excluding carboxylic acids is 2. The number of nitrogens with zero attached hydrogens (tertiary/aromatic N) is 1. The molecule has 6 heteroatoms. The van der Waals surface area contributed by atoms with Crippen molar-refractivity contribution < 1.29 is 14.3 Å². The van der Waals surface area contributed by atoms with Gasteiger partial charge >= 0.3 is 5.97 Å². The van der Waals surface area contributed by atoms with E-state index in [1.807, 2.05) is 0 Å². The molecule has 0 unspecified atom stereocenters. The Morgan fingerprint density at radius 2 is 1.87 bits per heavy atom. The lowest BCUT2D eigenvalue weighted by atomic mass is 10.1. The van der Waals surface area contributed by atoms with Crippen molar-refractivity contribution in [1.29, 1.82) is 0 Å². The number of hydrogen-bond acceptors (Lipinski definition) is 4. The van der Waals surface area contributed by atoms with Crippen LogP contribution >= 0.6 is 23.2 Å². The van der Waals surface area contributed by atoms with Crippen LogP contribution in [0.25, 0.3) is 0 Å². The fourth-order valence-electron chi connectivity index (χ4n) is 0.969. The van der Waals surface area contributed by atoms with Crippen LogP contribution in [0.2, 0.25) is 10.0 Å². The molecular formula is C9H7Cl2NO3. The molecule has 0 radical (unpaired) electrons. The molecule has 1 aromatic rings. The average molecular weight is 248 g/mol. The van der Waals surface area contributed by atoms with Gasteiger partial charge in [0.05, 0.1) is 22.7 Å². The molecule has 4 nitrogen and oxygen atoms in total. The molecule has 80 valence electrons. The second-order valence-corrected chi connectivity index (χ2v) is 3.47. The zero-order valence-electron chi connectivity index (χ0n) is 7.79. The van der Waals surface area contributed by atoms with Crippen molar-refractivity contribution in [3.63, 3.8) is 0 Å². The lowest BCUT2D eigenvalue weighted by Gasteiger charge is -2.03. The van der Waals surface area contributed by atoms with E-state index in [4.69, 9.17) is 23.2 Å². The molecule has 0 aliphatic rings. The molecular weight excluding hydrogens is 241 g/mol. The molecule has 0 aromatic carbocycles. The Morgan fingerprint density at radius 1 is 1.33 bits per heavy atom. The van der Waals surface area contributed by atoms with Gasteiger partial charge in [-0.15, -0.1) is 0 Å². The maximum absolute atomic E-state index is 11.6. The Morgan fingerprint density at radius 3 is 2.33 bits per heavy atom. The van der Waals surface area contributed by atoms with Gasteiger partial charge in [0, 0.05) is 12.4 Å². The molecule has 15 heavy (non-hydrogen) atoms. The SMILES string of the molecule is COC(=O)CC(=O)c1c(Cl)cncc1Cl. The minimum Gasteiger partial charge on any atom is -0.469 e. The number of halogens is 2. The van der Waals surface area contributed by atoms with Crippen LogP contribution in [0.5, 0.6) is 0 Å². The highest BCUT2D eigenvalue weighted by molar-refractivity contribution is 6.40. The average Bonchev–Trinajstić information content (AvgIpc) is 2.17. The Labute approximate surface area is 96.2 Å². The van der Waals surface area contributed by atoms with Gasteiger partial charge in [-0.3, -0.25) is 14.6 Å². The summed E-state index contributed by atoms with van der Waals surface area (Å²) in [5, 5.41) is 0.243. The number of methoxy groups -OCH3 is 1. The summed E-state index contributed by atoms with van der Waals surface area (Å²) in [6, 6.07) is 0. The summed E-state index contributed by atoms with van der Waals surface area (Å²) in [4.78, 5) is 26.1. The molecule has 0 aliphatic heterocycles. The fraction of sp³-hybridized carbons (Fsp3) is 0.222. The molecule has 0 aliphatic carbocycles. The second kappa shape index (κ2) is 5.09. The molecule has 0 spiro atoms. The highest BCUT2D eigenvalue weighted by Crippen LogP contribution is 2.24. The normalized spacial score (nSPS) is 9.80. The highest BCUT2D eigenvalue weighted by atomic mass is 35.5. The van der Waals surface area contributed by atoms with Gasteiger partial charge in [0.25, 0.3) is 0 Å². The number of esters is 1. The smallest absolute Gasteiger partial charge is 0.313 e. The van der Waals surface area contributed by atoms with Gasteiger partial charge in [-0.2, -0.15) is 0 Å². The van der Waals surface area contributed by atoms with Crippen molar-refractivity contribution >= 4 is 35.0 Å². The van der Waals surface area contributed by atoms with E-state index in [1.165, 1.54) is 19.5 Å². The summed E-state index contributed by atoms with van der Waals surface area (Å²) < 4.78 is 4.36. The van der Waals surface area contributed by atoms with E-state index in [0.29, 0.717) is 0 Å². The number of aromatic nitrogens is 1. The van der Waals surface area contributed by atoms with Gasteiger partial charge in [0.1, 0.15) is 6.42 Å². The van der Waals surface area contributed by atoms with Crippen LogP contribution in [0.15, 0.2) is 12.4 Å². The largest absolute Gasteiger partial charge is 0.469 e. The Bertz CT molecular complexity index is 386. The third-order valence-corrected chi connectivity index (χ3v) is 2.24. The molecule has 0 atom stereocenters. The molecule has 0 amide bonds. The first kappa shape index (κ1) is 11.9. The maximum atomic E-state index is 11.6. The standard InChI is InChI=1S/C9H7Cl2NO3/c1-15-8(14)2-7(13)9-5(10)3-12-4-6(9)11/h3-4H,2H2,1H3. The summed E-state index contributed by atoms with van der Waals surface area (Å²) in [5.41, 5.74) is 0.0960. The first-order valence-electron chi connectivity index (χ1n) is 3.95. The quantitative estimate of drug-likeness (QED) is 0.467. The molecule has 0 saturated carbocycles. The topological polar surface area (TPSA) is 56.3 Å². The van der Waals surface area contributed by atoms with E-state index < -0.39 is 11.8 Å². The first-order valence-corrected chi connectivity index (χ1v) is 4.71. The van der Waals surface area contributed by atoms with Gasteiger partial charge in [-0.1, -0.05) is 23.2 Å². The lowest BCUT2D eigenvalue weighted by molar-refractivity contribution is -0.139. The summed E-state index contributed by atoms with van der Waals surface area (Å²) in [5.74, 6) is -1.12. The maximum Gasteiger partial charge on any atom is 0.313 e. The number of pyridine rings is 1. The van der Waals surface area contributed by atoms with Crippen LogP contribution < -0.4 is 0 Å². The third-order valence-electron chi connectivity index (χ3n) is 1.66. The van der Waals surface area contributed by atoms with Crippen LogP contribution in [-0.2, 0) is 9.53 Å². The first-order chi connectivity index (χ1) is 7.06. The zero-order chi connectivity index (χ0) is 11.4. The minimum absolute atomic E-state index is 0.0960. The van der Waals surface area contributed by atoms with Gasteiger partial charge < -0.3 is 4.74 Å². The van der Waals surface area contributed by atoms with Crippen molar-refractivity contribution in [2.24, 2.45) is 0 Å². The lowest BCUT2D eigenvalue weighted by Crippen LogP contribution is -2.10.